The van der Waals surface area contributed by atoms with Crippen molar-refractivity contribution >= 4 is 5.78 Å². The molecule has 0 radical (unpaired) electrons. The Labute approximate surface area is 159 Å². The molecule has 0 atom stereocenters. The van der Waals surface area contributed by atoms with Crippen molar-refractivity contribution in [3.05, 3.63) is 86.1 Å². The molecular weight excluding hydrogens is 435 g/mol. The zero-order valence-corrected chi connectivity index (χ0v) is 14.0. The third-order valence-electron chi connectivity index (χ3n) is 3.92. The van der Waals surface area contributed by atoms with Crippen LogP contribution in [0.5, 0.6) is 0 Å². The maximum atomic E-state index is 13.9. The summed E-state index contributed by atoms with van der Waals surface area (Å²) in [5.74, 6) is -15.8. The summed E-state index contributed by atoms with van der Waals surface area (Å²) >= 11 is 0. The van der Waals surface area contributed by atoms with E-state index in [0.29, 0.717) is 0 Å². The van der Waals surface area contributed by atoms with E-state index in [1.165, 1.54) is 5.10 Å². The largest absolute Gasteiger partial charge is 0.288 e. The van der Waals surface area contributed by atoms with Gasteiger partial charge in [0.05, 0.1) is 0 Å². The van der Waals surface area contributed by atoms with Crippen LogP contribution in [0.2, 0.25) is 0 Å². The molecule has 0 spiro atoms. The predicted octanol–water partition coefficient (Wildman–Crippen LogP) is 4.31. The Balaban J connectivity index is 2.31. The molecule has 0 unspecified atom stereocenters. The number of hydrogen-bond donors (Lipinski definition) is 1. The summed E-state index contributed by atoms with van der Waals surface area (Å²) in [7, 11) is 0. The van der Waals surface area contributed by atoms with Gasteiger partial charge in [-0.05, 0) is 12.1 Å². The quantitative estimate of drug-likeness (QED) is 0.285. The molecule has 30 heavy (non-hydrogen) atoms. The first-order chi connectivity index (χ1) is 14.0. The van der Waals surface area contributed by atoms with Crippen molar-refractivity contribution < 1.29 is 44.3 Å². The average molecular weight is 440 g/mol. The van der Waals surface area contributed by atoms with Crippen LogP contribution in [0.3, 0.4) is 0 Å². The SMILES string of the molecule is O=C(c1cc(F)c(F)c(F)c1)c1c(C(F)F)[nH]n(-c2c(F)c(F)cc(F)c2F)c1=O. The molecular formula is C17H5F9N2O2. The van der Waals surface area contributed by atoms with Crippen LogP contribution in [-0.4, -0.2) is 15.6 Å². The average Bonchev–Trinajstić information content (AvgIpc) is 3.01. The highest BCUT2D eigenvalue weighted by Gasteiger charge is 2.32. The summed E-state index contributed by atoms with van der Waals surface area (Å²) in [5.41, 5.74) is -7.90. The van der Waals surface area contributed by atoms with E-state index < -0.39 is 85.7 Å². The van der Waals surface area contributed by atoms with E-state index in [1.807, 2.05) is 0 Å². The van der Waals surface area contributed by atoms with E-state index in [4.69, 9.17) is 0 Å². The molecule has 158 valence electrons. The van der Waals surface area contributed by atoms with Crippen molar-refractivity contribution in [2.75, 3.05) is 0 Å². The van der Waals surface area contributed by atoms with Crippen molar-refractivity contribution in [2.45, 2.75) is 6.43 Å². The second-order valence-electron chi connectivity index (χ2n) is 5.74. The first-order valence-corrected chi connectivity index (χ1v) is 7.61. The van der Waals surface area contributed by atoms with Gasteiger partial charge in [-0.25, -0.2) is 44.2 Å². The summed E-state index contributed by atoms with van der Waals surface area (Å²) in [4.78, 5) is 24.8. The fourth-order valence-electron chi connectivity index (χ4n) is 2.58. The van der Waals surface area contributed by atoms with Gasteiger partial charge in [0.15, 0.2) is 40.7 Å². The number of rotatable bonds is 4. The Bertz CT molecular complexity index is 1200. The molecule has 3 rings (SSSR count). The summed E-state index contributed by atoms with van der Waals surface area (Å²) < 4.78 is 121. The second-order valence-corrected chi connectivity index (χ2v) is 5.74. The molecule has 0 bridgehead atoms. The van der Waals surface area contributed by atoms with Crippen molar-refractivity contribution in [3.63, 3.8) is 0 Å². The third-order valence-corrected chi connectivity index (χ3v) is 3.92. The number of aromatic nitrogens is 2. The van der Waals surface area contributed by atoms with Crippen LogP contribution < -0.4 is 5.56 Å². The molecule has 3 aromatic rings. The van der Waals surface area contributed by atoms with Crippen LogP contribution in [0.25, 0.3) is 5.69 Å². The number of aromatic amines is 1. The van der Waals surface area contributed by atoms with Crippen LogP contribution in [0.1, 0.15) is 28.0 Å². The standard InChI is InChI=1S/C17H5F9N2O2/c18-5-1-4(2-6(19)10(5)22)15(29)9-13(16(25)26)27-28(17(9)30)14-11(23)7(20)3-8(21)12(14)24/h1-3,16,27H. The Hall–Kier alpha value is -3.51. The van der Waals surface area contributed by atoms with Crippen LogP contribution in [0.4, 0.5) is 39.5 Å². The highest BCUT2D eigenvalue weighted by Crippen LogP contribution is 2.26. The van der Waals surface area contributed by atoms with Crippen LogP contribution in [0.15, 0.2) is 23.0 Å². The van der Waals surface area contributed by atoms with Crippen molar-refractivity contribution in [2.24, 2.45) is 0 Å². The van der Waals surface area contributed by atoms with Gasteiger partial charge in [0.25, 0.3) is 12.0 Å². The molecule has 13 heteroatoms. The number of carbonyl (C=O) groups excluding carboxylic acids is 1. The zero-order chi connectivity index (χ0) is 22.5. The number of carbonyl (C=O) groups is 1. The Morgan fingerprint density at radius 2 is 1.27 bits per heavy atom. The molecule has 1 heterocycles. The summed E-state index contributed by atoms with van der Waals surface area (Å²) in [6, 6.07) is -0.0299. The minimum atomic E-state index is -3.68. The number of hydrogen-bond acceptors (Lipinski definition) is 2. The maximum absolute atomic E-state index is 13.9. The molecule has 0 aliphatic rings. The monoisotopic (exact) mass is 440 g/mol. The molecule has 0 aliphatic heterocycles. The number of H-pyrrole nitrogens is 1. The van der Waals surface area contributed by atoms with Crippen LogP contribution in [0, 0.1) is 40.7 Å². The molecule has 1 N–H and O–H groups in total. The Morgan fingerprint density at radius 1 is 0.800 bits per heavy atom. The van der Waals surface area contributed by atoms with E-state index in [9.17, 15) is 49.1 Å². The van der Waals surface area contributed by atoms with Gasteiger partial charge in [0, 0.05) is 11.6 Å². The van der Waals surface area contributed by atoms with Crippen molar-refractivity contribution in [1.82, 2.24) is 9.78 Å². The van der Waals surface area contributed by atoms with Gasteiger partial charge in [-0.3, -0.25) is 14.7 Å². The normalized spacial score (nSPS) is 11.4. The van der Waals surface area contributed by atoms with E-state index in [2.05, 4.69) is 0 Å². The van der Waals surface area contributed by atoms with Crippen LogP contribution in [-0.2, 0) is 0 Å². The predicted molar refractivity (Wildman–Crippen MR) is 80.9 cm³/mol. The lowest BCUT2D eigenvalue weighted by molar-refractivity contribution is 0.102. The highest BCUT2D eigenvalue weighted by molar-refractivity contribution is 6.09. The fourth-order valence-corrected chi connectivity index (χ4v) is 2.58. The Morgan fingerprint density at radius 3 is 1.73 bits per heavy atom. The summed E-state index contributed by atoms with van der Waals surface area (Å²) in [5, 5.41) is 1.45. The van der Waals surface area contributed by atoms with Crippen LogP contribution >= 0.6 is 0 Å². The number of ketones is 1. The topological polar surface area (TPSA) is 54.9 Å². The zero-order valence-electron chi connectivity index (χ0n) is 14.0. The Kier molecular flexibility index (Phi) is 5.22. The van der Waals surface area contributed by atoms with Crippen molar-refractivity contribution in [3.8, 4) is 5.69 Å². The number of nitrogens with zero attached hydrogens (tertiary/aromatic N) is 1. The van der Waals surface area contributed by atoms with E-state index in [1.54, 1.807) is 0 Å². The lowest BCUT2D eigenvalue weighted by Gasteiger charge is -2.07. The lowest BCUT2D eigenvalue weighted by Crippen LogP contribution is -2.23. The molecule has 4 nitrogen and oxygen atoms in total. The molecule has 0 fully saturated rings. The van der Waals surface area contributed by atoms with Gasteiger partial charge < -0.3 is 0 Å². The first-order valence-electron chi connectivity index (χ1n) is 7.61. The molecule has 1 aromatic heterocycles. The molecule has 0 saturated heterocycles. The minimum absolute atomic E-state index is 0.0931. The van der Waals surface area contributed by atoms with E-state index >= 15 is 0 Å². The third kappa shape index (κ3) is 3.25. The number of alkyl halides is 2. The minimum Gasteiger partial charge on any atom is -0.288 e. The number of benzene rings is 2. The van der Waals surface area contributed by atoms with E-state index in [-0.39, 0.29) is 18.2 Å². The van der Waals surface area contributed by atoms with E-state index in [0.717, 1.165) is 0 Å². The maximum Gasteiger partial charge on any atom is 0.283 e. The molecule has 0 amide bonds. The van der Waals surface area contributed by atoms with Gasteiger partial charge >= 0.3 is 0 Å². The van der Waals surface area contributed by atoms with Gasteiger partial charge in [0.2, 0.25) is 5.78 Å². The molecule has 2 aromatic carbocycles. The van der Waals surface area contributed by atoms with Gasteiger partial charge in [-0.2, -0.15) is 0 Å². The number of nitrogens with one attached hydrogen (secondary N) is 1. The molecule has 0 saturated carbocycles. The smallest absolute Gasteiger partial charge is 0.283 e. The summed E-state index contributed by atoms with van der Waals surface area (Å²) in [6.07, 6.45) is -3.68. The second kappa shape index (κ2) is 7.39. The van der Waals surface area contributed by atoms with Gasteiger partial charge in [0.1, 0.15) is 16.9 Å². The highest BCUT2D eigenvalue weighted by atomic mass is 19.3. The number of halogens is 9. The van der Waals surface area contributed by atoms with Gasteiger partial charge in [-0.1, -0.05) is 0 Å². The lowest BCUT2D eigenvalue weighted by atomic mass is 10.0. The van der Waals surface area contributed by atoms with Gasteiger partial charge in [-0.15, -0.1) is 0 Å². The fraction of sp³-hybridized carbons (Fsp3) is 0.0588. The van der Waals surface area contributed by atoms with Crippen molar-refractivity contribution in [1.29, 1.82) is 0 Å². The first kappa shape index (κ1) is 21.2. The molecule has 0 aliphatic carbocycles. The summed E-state index contributed by atoms with van der Waals surface area (Å²) in [6.45, 7) is 0.